The monoisotopic (exact) mass is 741 g/mol. The van der Waals surface area contributed by atoms with Gasteiger partial charge >= 0.3 is 0 Å². The molecule has 10 aromatic rings. The summed E-state index contributed by atoms with van der Waals surface area (Å²) in [5, 5.41) is 3.58. The van der Waals surface area contributed by atoms with Crippen molar-refractivity contribution < 1.29 is 4.42 Å². The van der Waals surface area contributed by atoms with Crippen LogP contribution in [0.15, 0.2) is 229 Å². The third-order valence-electron chi connectivity index (χ3n) is 11.1. The molecule has 0 bridgehead atoms. The Hall–Kier alpha value is -7.68. The Morgan fingerprint density at radius 3 is 1.66 bits per heavy atom. The molecule has 1 aromatic heterocycles. The standard InChI is InChI=1S/C56H39NO/c1-2-49-53-22-9-11-25-55(53)58-56(49)44-28-26-43(27-29-44)52-21-8-10-24-54(52)57(47-34-30-40(31-35-47)39-14-4-3-5-15-39)48-36-32-41(33-37-48)45-18-12-19-46(38-45)51-23-13-17-42-16-6-7-20-50(42)51/h2-38H,1H2. The second kappa shape index (κ2) is 15.1. The molecule has 0 amide bonds. The molecule has 0 aliphatic carbocycles. The highest BCUT2D eigenvalue weighted by molar-refractivity contribution is 5.98. The van der Waals surface area contributed by atoms with Gasteiger partial charge in [-0.25, -0.2) is 0 Å². The molecule has 274 valence electrons. The topological polar surface area (TPSA) is 16.4 Å². The van der Waals surface area contributed by atoms with Crippen molar-refractivity contribution in [3.8, 4) is 55.8 Å². The first-order chi connectivity index (χ1) is 28.7. The van der Waals surface area contributed by atoms with E-state index < -0.39 is 0 Å². The molecule has 2 heteroatoms. The van der Waals surface area contributed by atoms with E-state index in [9.17, 15) is 0 Å². The first-order valence-corrected chi connectivity index (χ1v) is 19.7. The van der Waals surface area contributed by atoms with Gasteiger partial charge in [0, 0.05) is 33.5 Å². The average molecular weight is 742 g/mol. The van der Waals surface area contributed by atoms with E-state index in [1.54, 1.807) is 0 Å². The van der Waals surface area contributed by atoms with Crippen molar-refractivity contribution in [3.63, 3.8) is 0 Å². The van der Waals surface area contributed by atoms with Crippen LogP contribution >= 0.6 is 0 Å². The SMILES string of the molecule is C=Cc1c(-c2ccc(-c3ccccc3N(c3ccc(-c4ccccc4)cc3)c3ccc(-c4cccc(-c5cccc6ccccc56)c4)cc3)cc2)oc2ccccc12. The molecular weight excluding hydrogens is 703 g/mol. The Morgan fingerprint density at radius 2 is 0.897 bits per heavy atom. The summed E-state index contributed by atoms with van der Waals surface area (Å²) in [4.78, 5) is 2.36. The van der Waals surface area contributed by atoms with Gasteiger partial charge in [-0.05, 0) is 92.2 Å². The van der Waals surface area contributed by atoms with Crippen molar-refractivity contribution in [2.24, 2.45) is 0 Å². The fraction of sp³-hybridized carbons (Fsp3) is 0. The first-order valence-electron chi connectivity index (χ1n) is 19.7. The van der Waals surface area contributed by atoms with Crippen molar-refractivity contribution >= 4 is 44.9 Å². The number of hydrogen-bond acceptors (Lipinski definition) is 2. The van der Waals surface area contributed by atoms with E-state index in [2.05, 4.69) is 212 Å². The minimum Gasteiger partial charge on any atom is -0.455 e. The number of fused-ring (bicyclic) bond motifs is 2. The number of para-hydroxylation sites is 2. The van der Waals surface area contributed by atoms with Gasteiger partial charge in [-0.3, -0.25) is 0 Å². The molecule has 10 rings (SSSR count). The Kier molecular flexibility index (Phi) is 9.06. The zero-order valence-corrected chi connectivity index (χ0v) is 31.9. The van der Waals surface area contributed by atoms with E-state index >= 15 is 0 Å². The lowest BCUT2D eigenvalue weighted by atomic mass is 9.95. The van der Waals surface area contributed by atoms with Crippen LogP contribution in [-0.4, -0.2) is 0 Å². The fourth-order valence-corrected chi connectivity index (χ4v) is 8.20. The second-order valence-electron chi connectivity index (χ2n) is 14.5. The van der Waals surface area contributed by atoms with Crippen molar-refractivity contribution in [3.05, 3.63) is 231 Å². The van der Waals surface area contributed by atoms with Gasteiger partial charge in [0.05, 0.1) is 5.69 Å². The Balaban J connectivity index is 1.04. The van der Waals surface area contributed by atoms with Gasteiger partial charge in [-0.2, -0.15) is 0 Å². The summed E-state index contributed by atoms with van der Waals surface area (Å²) in [6.45, 7) is 4.10. The Morgan fingerprint density at radius 1 is 0.379 bits per heavy atom. The molecule has 2 nitrogen and oxygen atoms in total. The first kappa shape index (κ1) is 34.8. The van der Waals surface area contributed by atoms with Crippen LogP contribution in [0.1, 0.15) is 5.56 Å². The average Bonchev–Trinajstić information content (AvgIpc) is 3.69. The van der Waals surface area contributed by atoms with E-state index in [-0.39, 0.29) is 0 Å². The van der Waals surface area contributed by atoms with Crippen molar-refractivity contribution in [2.75, 3.05) is 4.90 Å². The third-order valence-corrected chi connectivity index (χ3v) is 11.1. The number of furan rings is 1. The molecule has 0 fully saturated rings. The van der Waals surface area contributed by atoms with E-state index in [1.807, 2.05) is 24.3 Å². The molecule has 0 aliphatic heterocycles. The maximum atomic E-state index is 6.35. The summed E-state index contributed by atoms with van der Waals surface area (Å²) >= 11 is 0. The van der Waals surface area contributed by atoms with Gasteiger partial charge in [0.25, 0.3) is 0 Å². The maximum Gasteiger partial charge on any atom is 0.142 e. The molecule has 58 heavy (non-hydrogen) atoms. The highest BCUT2D eigenvalue weighted by Gasteiger charge is 2.19. The Bertz CT molecular complexity index is 3040. The summed E-state index contributed by atoms with van der Waals surface area (Å²) < 4.78 is 6.35. The van der Waals surface area contributed by atoms with Gasteiger partial charge in [-0.1, -0.05) is 189 Å². The van der Waals surface area contributed by atoms with E-state index in [4.69, 9.17) is 4.42 Å². The van der Waals surface area contributed by atoms with Crippen LogP contribution in [0.2, 0.25) is 0 Å². The normalized spacial score (nSPS) is 11.2. The molecular formula is C56H39NO. The molecule has 0 spiro atoms. The number of hydrogen-bond donors (Lipinski definition) is 0. The smallest absolute Gasteiger partial charge is 0.142 e. The highest BCUT2D eigenvalue weighted by Crippen LogP contribution is 2.43. The quantitative estimate of drug-likeness (QED) is 0.146. The Labute approximate surface area is 339 Å². The lowest BCUT2D eigenvalue weighted by Gasteiger charge is -2.28. The highest BCUT2D eigenvalue weighted by atomic mass is 16.3. The number of rotatable bonds is 9. The number of anilines is 3. The van der Waals surface area contributed by atoms with E-state index in [0.29, 0.717) is 0 Å². The van der Waals surface area contributed by atoms with E-state index in [1.165, 1.54) is 44.2 Å². The number of benzene rings is 9. The van der Waals surface area contributed by atoms with Crippen LogP contribution in [0, 0.1) is 0 Å². The maximum absolute atomic E-state index is 6.35. The lowest BCUT2D eigenvalue weighted by molar-refractivity contribution is 0.631. The third kappa shape index (κ3) is 6.47. The van der Waals surface area contributed by atoms with Crippen LogP contribution in [0.4, 0.5) is 17.1 Å². The molecule has 0 radical (unpaired) electrons. The van der Waals surface area contributed by atoms with Crippen LogP contribution in [0.3, 0.4) is 0 Å². The van der Waals surface area contributed by atoms with Crippen LogP contribution < -0.4 is 4.90 Å². The van der Waals surface area contributed by atoms with Crippen molar-refractivity contribution in [1.82, 2.24) is 0 Å². The largest absolute Gasteiger partial charge is 0.455 e. The minimum absolute atomic E-state index is 0.832. The van der Waals surface area contributed by atoms with Gasteiger partial charge in [-0.15, -0.1) is 0 Å². The summed E-state index contributed by atoms with van der Waals surface area (Å²) in [7, 11) is 0. The second-order valence-corrected chi connectivity index (χ2v) is 14.5. The molecule has 0 atom stereocenters. The van der Waals surface area contributed by atoms with Crippen LogP contribution in [0.25, 0.3) is 83.6 Å². The predicted octanol–water partition coefficient (Wildman–Crippen LogP) is 16.0. The molecule has 9 aromatic carbocycles. The summed E-state index contributed by atoms with van der Waals surface area (Å²) in [5.74, 6) is 0.832. The molecule has 0 saturated carbocycles. The number of nitrogens with zero attached hydrogens (tertiary/aromatic N) is 1. The summed E-state index contributed by atoms with van der Waals surface area (Å²) in [5.41, 5.74) is 15.5. The predicted molar refractivity (Wildman–Crippen MR) is 246 cm³/mol. The summed E-state index contributed by atoms with van der Waals surface area (Å²) in [6, 6.07) is 77.9. The minimum atomic E-state index is 0.832. The molecule has 0 aliphatic rings. The zero-order valence-electron chi connectivity index (χ0n) is 31.9. The lowest BCUT2D eigenvalue weighted by Crippen LogP contribution is -2.11. The van der Waals surface area contributed by atoms with Crippen molar-refractivity contribution in [2.45, 2.75) is 0 Å². The van der Waals surface area contributed by atoms with Gasteiger partial charge in [0.2, 0.25) is 0 Å². The van der Waals surface area contributed by atoms with Gasteiger partial charge in [0.1, 0.15) is 11.3 Å². The molecule has 0 saturated heterocycles. The molecule has 0 unspecified atom stereocenters. The van der Waals surface area contributed by atoms with E-state index in [0.717, 1.165) is 56.0 Å². The van der Waals surface area contributed by atoms with Gasteiger partial charge < -0.3 is 9.32 Å². The van der Waals surface area contributed by atoms with Crippen LogP contribution in [0.5, 0.6) is 0 Å². The molecule has 1 heterocycles. The summed E-state index contributed by atoms with van der Waals surface area (Å²) in [6.07, 6.45) is 1.89. The zero-order chi connectivity index (χ0) is 38.8. The van der Waals surface area contributed by atoms with Crippen molar-refractivity contribution in [1.29, 1.82) is 0 Å². The van der Waals surface area contributed by atoms with Gasteiger partial charge in [0.15, 0.2) is 0 Å². The fourth-order valence-electron chi connectivity index (χ4n) is 8.20. The van der Waals surface area contributed by atoms with Crippen LogP contribution in [-0.2, 0) is 0 Å². The molecule has 0 N–H and O–H groups in total.